The Balaban J connectivity index is 2.20. The minimum atomic E-state index is 0.227. The van der Waals surface area contributed by atoms with Gasteiger partial charge in [-0.2, -0.15) is 4.98 Å². The Hall–Kier alpha value is -2.33. The molecule has 3 rings (SSSR count). The van der Waals surface area contributed by atoms with Gasteiger partial charge in [0.1, 0.15) is 11.6 Å². The summed E-state index contributed by atoms with van der Waals surface area (Å²) in [6, 6.07) is 15.6. The molecule has 21 heavy (non-hydrogen) atoms. The fraction of sp³-hybridized carbons (Fsp3) is 0.125. The lowest BCUT2D eigenvalue weighted by molar-refractivity contribution is 0.415. The lowest BCUT2D eigenvalue weighted by Crippen LogP contribution is -2.12. The van der Waals surface area contributed by atoms with Gasteiger partial charge in [-0.05, 0) is 41.9 Å². The van der Waals surface area contributed by atoms with Gasteiger partial charge in [-0.1, -0.05) is 18.2 Å². The molecule has 1 aromatic heterocycles. The number of nitrogens with zero attached hydrogens (tertiary/aromatic N) is 3. The number of aromatic nitrogens is 2. The van der Waals surface area contributed by atoms with Gasteiger partial charge in [0, 0.05) is 18.1 Å². The van der Waals surface area contributed by atoms with Crippen LogP contribution in [-0.4, -0.2) is 24.1 Å². The van der Waals surface area contributed by atoms with Gasteiger partial charge in [-0.15, -0.1) is 0 Å². The van der Waals surface area contributed by atoms with E-state index in [1.807, 2.05) is 60.5 Å². The van der Waals surface area contributed by atoms with Gasteiger partial charge in [0.15, 0.2) is 0 Å². The minimum absolute atomic E-state index is 0.227. The molecule has 0 bridgehead atoms. The second kappa shape index (κ2) is 5.58. The van der Waals surface area contributed by atoms with Gasteiger partial charge in [-0.25, -0.2) is 4.98 Å². The molecule has 0 amide bonds. The number of halogens is 1. The number of hydrogen-bond acceptors (Lipinski definition) is 4. The number of benzene rings is 2. The normalized spacial score (nSPS) is 10.6. The quantitative estimate of drug-likeness (QED) is 0.684. The molecule has 0 spiro atoms. The van der Waals surface area contributed by atoms with E-state index in [2.05, 4.69) is 9.97 Å². The number of methoxy groups -OCH3 is 1. The highest BCUT2D eigenvalue weighted by Crippen LogP contribution is 2.31. The van der Waals surface area contributed by atoms with Crippen molar-refractivity contribution in [1.82, 2.24) is 9.97 Å². The lowest BCUT2D eigenvalue weighted by atomic mass is 10.2. The van der Waals surface area contributed by atoms with Crippen molar-refractivity contribution in [3.63, 3.8) is 0 Å². The molecule has 0 unspecified atom stereocenters. The van der Waals surface area contributed by atoms with Crippen molar-refractivity contribution in [3.8, 4) is 5.75 Å². The fourth-order valence-electron chi connectivity index (χ4n) is 2.22. The first-order chi connectivity index (χ1) is 10.2. The molecule has 0 fully saturated rings. The molecule has 0 radical (unpaired) electrons. The molecule has 0 aliphatic rings. The van der Waals surface area contributed by atoms with Gasteiger partial charge in [0.25, 0.3) is 0 Å². The van der Waals surface area contributed by atoms with E-state index in [4.69, 9.17) is 16.3 Å². The monoisotopic (exact) mass is 299 g/mol. The molecular weight excluding hydrogens is 286 g/mol. The van der Waals surface area contributed by atoms with Crippen LogP contribution in [0.2, 0.25) is 5.28 Å². The maximum absolute atomic E-state index is 6.05. The minimum Gasteiger partial charge on any atom is -0.497 e. The SMILES string of the molecule is COc1ccc2nc(Cl)nc(N(C)c3ccccc3)c2c1. The van der Waals surface area contributed by atoms with Crippen molar-refractivity contribution in [3.05, 3.63) is 53.8 Å². The number of fused-ring (bicyclic) bond motifs is 1. The molecule has 0 N–H and O–H groups in total. The van der Waals surface area contributed by atoms with Crippen LogP contribution in [0.15, 0.2) is 48.5 Å². The molecule has 0 aliphatic heterocycles. The zero-order chi connectivity index (χ0) is 14.8. The summed E-state index contributed by atoms with van der Waals surface area (Å²) >= 11 is 6.05. The summed E-state index contributed by atoms with van der Waals surface area (Å²) in [4.78, 5) is 10.6. The van der Waals surface area contributed by atoms with Crippen molar-refractivity contribution < 1.29 is 4.74 Å². The van der Waals surface area contributed by atoms with Crippen LogP contribution >= 0.6 is 11.6 Å². The Bertz CT molecular complexity index is 777. The number of rotatable bonds is 3. The molecular formula is C16H14ClN3O. The van der Waals surface area contributed by atoms with Crippen LogP contribution in [0.1, 0.15) is 0 Å². The molecule has 4 nitrogen and oxygen atoms in total. The van der Waals surface area contributed by atoms with Crippen LogP contribution in [-0.2, 0) is 0 Å². The van der Waals surface area contributed by atoms with E-state index in [1.54, 1.807) is 7.11 Å². The maximum Gasteiger partial charge on any atom is 0.224 e. The van der Waals surface area contributed by atoms with Crippen molar-refractivity contribution in [2.45, 2.75) is 0 Å². The van der Waals surface area contributed by atoms with Crippen molar-refractivity contribution in [2.24, 2.45) is 0 Å². The van der Waals surface area contributed by atoms with Gasteiger partial charge < -0.3 is 9.64 Å². The largest absolute Gasteiger partial charge is 0.497 e. The smallest absolute Gasteiger partial charge is 0.224 e. The Labute approximate surface area is 128 Å². The fourth-order valence-corrected chi connectivity index (χ4v) is 2.39. The van der Waals surface area contributed by atoms with Crippen molar-refractivity contribution >= 4 is 34.0 Å². The predicted octanol–water partition coefficient (Wildman–Crippen LogP) is 4.06. The van der Waals surface area contributed by atoms with E-state index >= 15 is 0 Å². The predicted molar refractivity (Wildman–Crippen MR) is 85.6 cm³/mol. The molecule has 0 atom stereocenters. The molecule has 1 heterocycles. The summed E-state index contributed by atoms with van der Waals surface area (Å²) in [5.74, 6) is 1.51. The number of para-hydroxylation sites is 1. The summed E-state index contributed by atoms with van der Waals surface area (Å²) in [5, 5.41) is 1.12. The van der Waals surface area contributed by atoms with E-state index in [1.165, 1.54) is 0 Å². The van der Waals surface area contributed by atoms with Crippen LogP contribution < -0.4 is 9.64 Å². The summed E-state index contributed by atoms with van der Waals surface area (Å²) in [6.45, 7) is 0. The third kappa shape index (κ3) is 2.62. The summed E-state index contributed by atoms with van der Waals surface area (Å²) in [7, 11) is 3.59. The van der Waals surface area contributed by atoms with Gasteiger partial charge in [0.2, 0.25) is 5.28 Å². The molecule has 0 saturated carbocycles. The Morgan fingerprint density at radius 1 is 1.05 bits per heavy atom. The summed E-state index contributed by atoms with van der Waals surface area (Å²) in [5.41, 5.74) is 1.81. The first-order valence-corrected chi connectivity index (χ1v) is 6.87. The van der Waals surface area contributed by atoms with E-state index in [0.29, 0.717) is 0 Å². The third-order valence-electron chi connectivity index (χ3n) is 3.32. The first kappa shape index (κ1) is 13.6. The average Bonchev–Trinajstić information content (AvgIpc) is 2.53. The standard InChI is InChI=1S/C16H14ClN3O/c1-20(11-6-4-3-5-7-11)15-13-10-12(21-2)8-9-14(13)18-16(17)19-15/h3-10H,1-2H3. The van der Waals surface area contributed by atoms with E-state index in [-0.39, 0.29) is 5.28 Å². The maximum atomic E-state index is 6.05. The highest BCUT2D eigenvalue weighted by atomic mass is 35.5. The Morgan fingerprint density at radius 3 is 2.52 bits per heavy atom. The Morgan fingerprint density at radius 2 is 1.81 bits per heavy atom. The van der Waals surface area contributed by atoms with E-state index in [0.717, 1.165) is 28.2 Å². The van der Waals surface area contributed by atoms with Crippen LogP contribution in [0.3, 0.4) is 0 Å². The number of hydrogen-bond donors (Lipinski definition) is 0. The number of anilines is 2. The second-order valence-corrected chi connectivity index (χ2v) is 4.93. The Kier molecular flexibility index (Phi) is 3.62. The van der Waals surface area contributed by atoms with Crippen LogP contribution in [0, 0.1) is 0 Å². The highest BCUT2D eigenvalue weighted by Gasteiger charge is 2.13. The van der Waals surface area contributed by atoms with Gasteiger partial charge >= 0.3 is 0 Å². The van der Waals surface area contributed by atoms with Gasteiger partial charge in [0.05, 0.1) is 12.6 Å². The zero-order valence-electron chi connectivity index (χ0n) is 11.7. The van der Waals surface area contributed by atoms with Crippen LogP contribution in [0.4, 0.5) is 11.5 Å². The first-order valence-electron chi connectivity index (χ1n) is 6.49. The zero-order valence-corrected chi connectivity index (χ0v) is 12.5. The number of ether oxygens (including phenoxy) is 1. The summed E-state index contributed by atoms with van der Waals surface area (Å²) < 4.78 is 5.29. The molecule has 0 aliphatic carbocycles. The molecule has 3 aromatic rings. The van der Waals surface area contributed by atoms with Gasteiger partial charge in [-0.3, -0.25) is 0 Å². The second-order valence-electron chi connectivity index (χ2n) is 4.59. The highest BCUT2D eigenvalue weighted by molar-refractivity contribution is 6.28. The molecule has 5 heteroatoms. The van der Waals surface area contributed by atoms with Crippen molar-refractivity contribution in [2.75, 3.05) is 19.1 Å². The van der Waals surface area contributed by atoms with E-state index < -0.39 is 0 Å². The molecule has 106 valence electrons. The van der Waals surface area contributed by atoms with Crippen LogP contribution in [0.25, 0.3) is 10.9 Å². The van der Waals surface area contributed by atoms with E-state index in [9.17, 15) is 0 Å². The topological polar surface area (TPSA) is 38.3 Å². The third-order valence-corrected chi connectivity index (χ3v) is 3.49. The molecule has 2 aromatic carbocycles. The van der Waals surface area contributed by atoms with Crippen LogP contribution in [0.5, 0.6) is 5.75 Å². The summed E-state index contributed by atoms with van der Waals surface area (Å²) in [6.07, 6.45) is 0. The average molecular weight is 300 g/mol. The molecule has 0 saturated heterocycles. The van der Waals surface area contributed by atoms with Crippen molar-refractivity contribution in [1.29, 1.82) is 0 Å². The lowest BCUT2D eigenvalue weighted by Gasteiger charge is -2.20.